The fourth-order valence-corrected chi connectivity index (χ4v) is 4.04. The Labute approximate surface area is 188 Å². The minimum atomic E-state index is -4.48. The highest BCUT2D eigenvalue weighted by molar-refractivity contribution is 6.04. The van der Waals surface area contributed by atoms with E-state index in [2.05, 4.69) is 20.4 Å². The van der Waals surface area contributed by atoms with Gasteiger partial charge in [0.05, 0.1) is 34.9 Å². The molecule has 1 amide bonds. The summed E-state index contributed by atoms with van der Waals surface area (Å²) in [6, 6.07) is 3.96. The summed E-state index contributed by atoms with van der Waals surface area (Å²) >= 11 is 0. The van der Waals surface area contributed by atoms with Crippen LogP contribution >= 0.6 is 0 Å². The molecule has 0 radical (unpaired) electrons. The zero-order chi connectivity index (χ0) is 23.8. The van der Waals surface area contributed by atoms with Crippen molar-refractivity contribution in [2.75, 3.05) is 5.32 Å². The third-order valence-corrected chi connectivity index (χ3v) is 5.85. The molecule has 0 bridgehead atoms. The molecule has 0 aromatic carbocycles. The Balaban J connectivity index is 1.49. The van der Waals surface area contributed by atoms with Crippen molar-refractivity contribution in [1.29, 1.82) is 0 Å². The van der Waals surface area contributed by atoms with Gasteiger partial charge in [0, 0.05) is 30.7 Å². The van der Waals surface area contributed by atoms with Gasteiger partial charge in [-0.2, -0.15) is 18.3 Å². The fourth-order valence-electron chi connectivity index (χ4n) is 4.04. The number of anilines is 1. The molecule has 33 heavy (non-hydrogen) atoms. The molecule has 0 saturated heterocycles. The molecule has 1 aliphatic rings. The third kappa shape index (κ3) is 4.79. The molecule has 1 fully saturated rings. The number of alkyl halides is 3. The summed E-state index contributed by atoms with van der Waals surface area (Å²) in [5, 5.41) is 6.90. The number of aryl methyl sites for hydroxylation is 1. The predicted octanol–water partition coefficient (Wildman–Crippen LogP) is 4.78. The Hall–Kier alpha value is -3.56. The van der Waals surface area contributed by atoms with Gasteiger partial charge in [0.1, 0.15) is 5.78 Å². The van der Waals surface area contributed by atoms with Crippen molar-refractivity contribution in [3.63, 3.8) is 0 Å². The summed E-state index contributed by atoms with van der Waals surface area (Å²) in [4.78, 5) is 32.6. The first-order chi connectivity index (χ1) is 15.6. The van der Waals surface area contributed by atoms with E-state index in [-0.39, 0.29) is 23.1 Å². The van der Waals surface area contributed by atoms with E-state index >= 15 is 0 Å². The van der Waals surface area contributed by atoms with Gasteiger partial charge < -0.3 is 5.32 Å². The summed E-state index contributed by atoms with van der Waals surface area (Å²) in [5.41, 5.74) is 2.25. The number of carbonyl (C=O) groups excluding carboxylic acids is 2. The average molecular weight is 457 g/mol. The van der Waals surface area contributed by atoms with Crippen molar-refractivity contribution >= 4 is 17.4 Å². The number of hydrogen-bond acceptors (Lipinski definition) is 5. The van der Waals surface area contributed by atoms with Crippen LogP contribution in [0.4, 0.5) is 18.9 Å². The number of nitrogens with zero attached hydrogens (tertiary/aromatic N) is 4. The quantitative estimate of drug-likeness (QED) is 0.609. The summed E-state index contributed by atoms with van der Waals surface area (Å²) in [7, 11) is 0. The molecule has 4 rings (SSSR count). The van der Waals surface area contributed by atoms with E-state index < -0.39 is 17.6 Å². The Morgan fingerprint density at radius 2 is 1.82 bits per heavy atom. The Bertz CT molecular complexity index is 1190. The van der Waals surface area contributed by atoms with Gasteiger partial charge >= 0.3 is 6.18 Å². The maximum Gasteiger partial charge on any atom is 0.417 e. The number of amides is 1. The van der Waals surface area contributed by atoms with Crippen LogP contribution in [0.3, 0.4) is 0 Å². The summed E-state index contributed by atoms with van der Waals surface area (Å²) in [5.74, 6) is 0.287. The molecule has 0 unspecified atom stereocenters. The average Bonchev–Trinajstić information content (AvgIpc) is 3.15. The third-order valence-electron chi connectivity index (χ3n) is 5.85. The van der Waals surface area contributed by atoms with E-state index in [9.17, 15) is 22.8 Å². The molecule has 0 atom stereocenters. The molecular formula is C23H22F3N5O2. The van der Waals surface area contributed by atoms with Gasteiger partial charge in [-0.1, -0.05) is 0 Å². The number of Topliss-reactive ketones (excluding diaryl/α,β-unsaturated/α-hetero) is 1. The van der Waals surface area contributed by atoms with Crippen LogP contribution in [0.5, 0.6) is 0 Å². The van der Waals surface area contributed by atoms with Crippen LogP contribution in [0.2, 0.25) is 0 Å². The number of ketones is 1. The van der Waals surface area contributed by atoms with Crippen molar-refractivity contribution in [2.45, 2.75) is 51.6 Å². The van der Waals surface area contributed by atoms with Crippen molar-refractivity contribution < 1.29 is 22.8 Å². The SMILES string of the molecule is Cc1cc(NC(=O)c2cnn(-c3ccc(C(F)(F)F)cn3)c2C)cnc1C1CCC(=O)CC1. The minimum Gasteiger partial charge on any atom is -0.320 e. The Kier molecular flexibility index (Phi) is 6.01. The topological polar surface area (TPSA) is 89.8 Å². The molecule has 1 aliphatic carbocycles. The second-order valence-electron chi connectivity index (χ2n) is 8.15. The van der Waals surface area contributed by atoms with Crippen LogP contribution in [0.15, 0.2) is 36.8 Å². The number of nitrogens with one attached hydrogen (secondary N) is 1. The van der Waals surface area contributed by atoms with Crippen LogP contribution in [0, 0.1) is 13.8 Å². The van der Waals surface area contributed by atoms with Crippen molar-refractivity contribution in [2.24, 2.45) is 0 Å². The number of halogens is 3. The van der Waals surface area contributed by atoms with Gasteiger partial charge in [-0.05, 0) is 50.5 Å². The highest BCUT2D eigenvalue weighted by Gasteiger charge is 2.31. The van der Waals surface area contributed by atoms with E-state index in [1.54, 1.807) is 13.1 Å². The lowest BCUT2D eigenvalue weighted by Crippen LogP contribution is -2.16. The number of rotatable bonds is 4. The van der Waals surface area contributed by atoms with Crippen molar-refractivity contribution in [1.82, 2.24) is 19.7 Å². The van der Waals surface area contributed by atoms with E-state index in [0.717, 1.165) is 36.4 Å². The molecule has 1 N–H and O–H groups in total. The molecule has 3 aromatic heterocycles. The summed E-state index contributed by atoms with van der Waals surface area (Å²) in [6.07, 6.45) is 1.90. The van der Waals surface area contributed by atoms with E-state index in [4.69, 9.17) is 0 Å². The highest BCUT2D eigenvalue weighted by Crippen LogP contribution is 2.32. The first-order valence-electron chi connectivity index (χ1n) is 10.5. The Morgan fingerprint density at radius 3 is 2.42 bits per heavy atom. The number of hydrogen-bond donors (Lipinski definition) is 1. The number of carbonyl (C=O) groups is 2. The molecule has 0 aliphatic heterocycles. The largest absolute Gasteiger partial charge is 0.417 e. The van der Waals surface area contributed by atoms with Gasteiger partial charge in [0.2, 0.25) is 0 Å². The van der Waals surface area contributed by atoms with Gasteiger partial charge in [-0.3, -0.25) is 14.6 Å². The van der Waals surface area contributed by atoms with E-state index in [1.807, 2.05) is 13.0 Å². The van der Waals surface area contributed by atoms with Gasteiger partial charge in [0.25, 0.3) is 5.91 Å². The Morgan fingerprint density at radius 1 is 1.09 bits per heavy atom. The monoisotopic (exact) mass is 457 g/mol. The second kappa shape index (κ2) is 8.76. The molecule has 7 nitrogen and oxygen atoms in total. The lowest BCUT2D eigenvalue weighted by molar-refractivity contribution is -0.137. The van der Waals surface area contributed by atoms with Gasteiger partial charge in [0.15, 0.2) is 5.82 Å². The lowest BCUT2D eigenvalue weighted by atomic mass is 9.84. The maximum absolute atomic E-state index is 12.8. The van der Waals surface area contributed by atoms with Crippen LogP contribution in [0.1, 0.15) is 64.5 Å². The van der Waals surface area contributed by atoms with Crippen molar-refractivity contribution in [3.05, 3.63) is 64.9 Å². The molecule has 1 saturated carbocycles. The molecule has 3 heterocycles. The summed E-state index contributed by atoms with van der Waals surface area (Å²) < 4.78 is 39.6. The highest BCUT2D eigenvalue weighted by atomic mass is 19.4. The maximum atomic E-state index is 12.8. The van der Waals surface area contributed by atoms with Crippen LogP contribution in [-0.2, 0) is 11.0 Å². The number of pyridine rings is 2. The van der Waals surface area contributed by atoms with E-state index in [0.29, 0.717) is 24.2 Å². The zero-order valence-corrected chi connectivity index (χ0v) is 18.1. The van der Waals surface area contributed by atoms with Crippen molar-refractivity contribution in [3.8, 4) is 5.82 Å². The first kappa shape index (κ1) is 22.6. The lowest BCUT2D eigenvalue weighted by Gasteiger charge is -2.22. The van der Waals surface area contributed by atoms with Crippen LogP contribution < -0.4 is 5.32 Å². The molecule has 10 heteroatoms. The van der Waals surface area contributed by atoms with Crippen LogP contribution in [0.25, 0.3) is 5.82 Å². The normalized spacial score (nSPS) is 15.0. The van der Waals surface area contributed by atoms with Gasteiger partial charge in [-0.25, -0.2) is 9.67 Å². The molecular weight excluding hydrogens is 435 g/mol. The smallest absolute Gasteiger partial charge is 0.320 e. The fraction of sp³-hybridized carbons (Fsp3) is 0.348. The predicted molar refractivity (Wildman–Crippen MR) is 114 cm³/mol. The molecule has 0 spiro atoms. The summed E-state index contributed by atoms with van der Waals surface area (Å²) in [6.45, 7) is 3.56. The molecule has 3 aromatic rings. The first-order valence-corrected chi connectivity index (χ1v) is 10.5. The molecule has 172 valence electrons. The number of aromatic nitrogens is 4. The zero-order valence-electron chi connectivity index (χ0n) is 18.1. The minimum absolute atomic E-state index is 0.173. The van der Waals surface area contributed by atoms with Crippen LogP contribution in [-0.4, -0.2) is 31.4 Å². The van der Waals surface area contributed by atoms with E-state index in [1.165, 1.54) is 16.9 Å². The van der Waals surface area contributed by atoms with Gasteiger partial charge in [-0.15, -0.1) is 0 Å². The second-order valence-corrected chi connectivity index (χ2v) is 8.15. The standard InChI is InChI=1S/C23H22F3N5O2/c1-13-9-17(11-28-21(13)15-3-6-18(32)7-4-15)30-22(33)19-12-29-31(14(19)2)20-8-5-16(10-27-20)23(24,25)26/h5,8-12,15H,3-4,6-7H2,1-2H3,(H,30,33).